The van der Waals surface area contributed by atoms with Crippen LogP contribution in [0.3, 0.4) is 0 Å². The highest BCUT2D eigenvalue weighted by Crippen LogP contribution is 2.47. The fourth-order valence-electron chi connectivity index (χ4n) is 4.78. The van der Waals surface area contributed by atoms with Gasteiger partial charge in [0.25, 0.3) is 0 Å². The average molecular weight is 376 g/mol. The van der Waals surface area contributed by atoms with Gasteiger partial charge in [0.05, 0.1) is 6.10 Å². The monoisotopic (exact) mass is 375 g/mol. The van der Waals surface area contributed by atoms with E-state index < -0.39 is 5.97 Å². The first kappa shape index (κ1) is 20.2. The minimum atomic E-state index is -0.962. The summed E-state index contributed by atoms with van der Waals surface area (Å²) in [6.45, 7) is 10.3. The van der Waals surface area contributed by atoms with Crippen molar-refractivity contribution in [1.82, 2.24) is 4.90 Å². The predicted molar refractivity (Wildman–Crippen MR) is 105 cm³/mol. The Bertz CT molecular complexity index is 696. The molecule has 0 aromatic heterocycles. The van der Waals surface area contributed by atoms with E-state index in [0.717, 1.165) is 44.3 Å². The van der Waals surface area contributed by atoms with Gasteiger partial charge < -0.3 is 14.9 Å². The highest BCUT2D eigenvalue weighted by atomic mass is 16.5. The maximum atomic E-state index is 11.0. The van der Waals surface area contributed by atoms with Crippen molar-refractivity contribution in [1.29, 1.82) is 0 Å². The third kappa shape index (κ3) is 4.46. The zero-order valence-corrected chi connectivity index (χ0v) is 17.0. The minimum Gasteiger partial charge on any atom is -0.482 e. The summed E-state index contributed by atoms with van der Waals surface area (Å²) in [5.74, 6) is -0.300. The van der Waals surface area contributed by atoms with Gasteiger partial charge in [-0.2, -0.15) is 0 Å². The Morgan fingerprint density at radius 2 is 2.07 bits per heavy atom. The minimum absolute atomic E-state index is 0.0224. The van der Waals surface area contributed by atoms with E-state index in [1.165, 1.54) is 5.56 Å². The van der Waals surface area contributed by atoms with Gasteiger partial charge in [-0.05, 0) is 54.7 Å². The summed E-state index contributed by atoms with van der Waals surface area (Å²) < 4.78 is 5.59. The molecule has 3 rings (SSSR count). The van der Waals surface area contributed by atoms with Gasteiger partial charge in [-0.25, -0.2) is 4.79 Å². The number of fused-ring (bicyclic) bond motifs is 1. The maximum Gasteiger partial charge on any atom is 0.341 e. The molecule has 3 atom stereocenters. The SMILES string of the molecule is CC(C)(C)c1ccc(OCC(=O)O)c(CN2CC[C@@]3(C)C[C@H](O)CC[C@@H]23)c1. The van der Waals surface area contributed by atoms with Gasteiger partial charge in [0.1, 0.15) is 5.75 Å². The summed E-state index contributed by atoms with van der Waals surface area (Å²) in [5.41, 5.74) is 2.47. The van der Waals surface area contributed by atoms with Crippen molar-refractivity contribution in [2.45, 2.75) is 77.5 Å². The van der Waals surface area contributed by atoms with Crippen molar-refractivity contribution in [3.05, 3.63) is 29.3 Å². The molecule has 1 aromatic carbocycles. The number of aliphatic carboxylic acids is 1. The zero-order chi connectivity index (χ0) is 19.8. The molecule has 27 heavy (non-hydrogen) atoms. The number of rotatable bonds is 5. The molecule has 0 bridgehead atoms. The van der Waals surface area contributed by atoms with E-state index >= 15 is 0 Å². The molecule has 1 saturated carbocycles. The van der Waals surface area contributed by atoms with Gasteiger partial charge in [0.2, 0.25) is 0 Å². The molecule has 2 N–H and O–H groups in total. The van der Waals surface area contributed by atoms with E-state index in [1.54, 1.807) is 0 Å². The Balaban J connectivity index is 1.84. The van der Waals surface area contributed by atoms with Gasteiger partial charge in [-0.1, -0.05) is 39.8 Å². The largest absolute Gasteiger partial charge is 0.482 e. The molecule has 1 aromatic rings. The Morgan fingerprint density at radius 3 is 2.74 bits per heavy atom. The molecule has 0 spiro atoms. The van der Waals surface area contributed by atoms with E-state index in [-0.39, 0.29) is 23.5 Å². The number of hydrogen-bond donors (Lipinski definition) is 2. The lowest BCUT2D eigenvalue weighted by Gasteiger charge is -2.41. The number of carboxylic acids is 1. The Kier molecular flexibility index (Phi) is 5.55. The summed E-state index contributed by atoms with van der Waals surface area (Å²) in [7, 11) is 0. The van der Waals surface area contributed by atoms with Gasteiger partial charge in [0, 0.05) is 18.2 Å². The molecular weight excluding hydrogens is 342 g/mol. The quantitative estimate of drug-likeness (QED) is 0.823. The van der Waals surface area contributed by atoms with Crippen LogP contribution in [0, 0.1) is 5.41 Å². The summed E-state index contributed by atoms with van der Waals surface area (Å²) in [5, 5.41) is 19.1. The van der Waals surface area contributed by atoms with E-state index in [4.69, 9.17) is 9.84 Å². The van der Waals surface area contributed by atoms with Crippen LogP contribution in [0.25, 0.3) is 0 Å². The number of nitrogens with zero attached hydrogens (tertiary/aromatic N) is 1. The lowest BCUT2D eigenvalue weighted by molar-refractivity contribution is -0.139. The second kappa shape index (κ2) is 7.44. The van der Waals surface area contributed by atoms with Crippen LogP contribution < -0.4 is 4.74 Å². The molecule has 2 fully saturated rings. The highest BCUT2D eigenvalue weighted by Gasteiger charge is 2.47. The molecule has 0 amide bonds. The number of likely N-dealkylation sites (tertiary alicyclic amines) is 1. The van der Waals surface area contributed by atoms with Crippen molar-refractivity contribution < 1.29 is 19.7 Å². The topological polar surface area (TPSA) is 70.0 Å². The van der Waals surface area contributed by atoms with Crippen LogP contribution in [-0.2, 0) is 16.8 Å². The first-order chi connectivity index (χ1) is 12.6. The molecule has 1 aliphatic carbocycles. The van der Waals surface area contributed by atoms with E-state index in [1.807, 2.05) is 12.1 Å². The maximum absolute atomic E-state index is 11.0. The van der Waals surface area contributed by atoms with Gasteiger partial charge >= 0.3 is 5.97 Å². The number of aliphatic hydroxyl groups is 1. The second-order valence-corrected chi connectivity index (χ2v) is 9.58. The van der Waals surface area contributed by atoms with Crippen LogP contribution in [0.2, 0.25) is 0 Å². The van der Waals surface area contributed by atoms with Crippen molar-refractivity contribution in [2.24, 2.45) is 5.41 Å². The first-order valence-electron chi connectivity index (χ1n) is 9.99. The molecule has 5 heteroatoms. The summed E-state index contributed by atoms with van der Waals surface area (Å²) >= 11 is 0. The van der Waals surface area contributed by atoms with Crippen molar-refractivity contribution >= 4 is 5.97 Å². The summed E-state index contributed by atoms with van der Waals surface area (Å²) in [6, 6.07) is 6.58. The lowest BCUT2D eigenvalue weighted by atomic mass is 9.71. The predicted octanol–water partition coefficient (Wildman–Crippen LogP) is 3.57. The Labute approximate surface area is 162 Å². The van der Waals surface area contributed by atoms with Crippen LogP contribution in [0.4, 0.5) is 0 Å². The summed E-state index contributed by atoms with van der Waals surface area (Å²) in [6.07, 6.45) is 3.67. The first-order valence-corrected chi connectivity index (χ1v) is 9.99. The highest BCUT2D eigenvalue weighted by molar-refractivity contribution is 5.68. The van der Waals surface area contributed by atoms with Crippen molar-refractivity contribution in [3.8, 4) is 5.75 Å². The number of ether oxygens (including phenoxy) is 1. The van der Waals surface area contributed by atoms with Gasteiger partial charge in [-0.3, -0.25) is 4.90 Å². The van der Waals surface area contributed by atoms with Crippen LogP contribution in [0.15, 0.2) is 18.2 Å². The molecule has 0 radical (unpaired) electrons. The smallest absolute Gasteiger partial charge is 0.341 e. The lowest BCUT2D eigenvalue weighted by Crippen LogP contribution is -2.43. The molecular formula is C22H33NO4. The van der Waals surface area contributed by atoms with Crippen molar-refractivity contribution in [2.75, 3.05) is 13.2 Å². The number of hydrogen-bond acceptors (Lipinski definition) is 4. The average Bonchev–Trinajstić information content (AvgIpc) is 2.88. The fourth-order valence-corrected chi connectivity index (χ4v) is 4.78. The molecule has 1 aliphatic heterocycles. The van der Waals surface area contributed by atoms with Crippen LogP contribution >= 0.6 is 0 Å². The number of aliphatic hydroxyl groups excluding tert-OH is 1. The molecule has 2 aliphatic rings. The van der Waals surface area contributed by atoms with Crippen LogP contribution in [0.1, 0.15) is 64.5 Å². The van der Waals surface area contributed by atoms with E-state index in [0.29, 0.717) is 11.8 Å². The standard InChI is InChI=1S/C22H33NO4/c1-21(2,3)16-5-7-18(27-14-20(25)26)15(11-16)13-23-10-9-22(4)12-17(24)6-8-19(22)23/h5,7,11,17,19,24H,6,8-10,12-14H2,1-4H3,(H,25,26)/t17-,19-,22+/m1/s1. The zero-order valence-electron chi connectivity index (χ0n) is 17.0. The normalized spacial score (nSPS) is 28.8. The Hall–Kier alpha value is -1.59. The number of carbonyl (C=O) groups is 1. The van der Waals surface area contributed by atoms with Crippen molar-refractivity contribution in [3.63, 3.8) is 0 Å². The third-order valence-electron chi connectivity index (χ3n) is 6.34. The fraction of sp³-hybridized carbons (Fsp3) is 0.682. The molecule has 1 heterocycles. The van der Waals surface area contributed by atoms with E-state index in [9.17, 15) is 9.90 Å². The Morgan fingerprint density at radius 1 is 1.33 bits per heavy atom. The third-order valence-corrected chi connectivity index (χ3v) is 6.34. The molecule has 0 unspecified atom stereocenters. The molecule has 5 nitrogen and oxygen atoms in total. The van der Waals surface area contributed by atoms with Crippen LogP contribution in [-0.4, -0.2) is 46.4 Å². The van der Waals surface area contributed by atoms with Gasteiger partial charge in [-0.15, -0.1) is 0 Å². The van der Waals surface area contributed by atoms with Gasteiger partial charge in [0.15, 0.2) is 6.61 Å². The number of benzene rings is 1. The number of carboxylic acid groups (broad SMARTS) is 1. The van der Waals surface area contributed by atoms with E-state index in [2.05, 4.69) is 38.7 Å². The van der Waals surface area contributed by atoms with Crippen LogP contribution in [0.5, 0.6) is 5.75 Å². The second-order valence-electron chi connectivity index (χ2n) is 9.58. The molecule has 1 saturated heterocycles. The summed E-state index contributed by atoms with van der Waals surface area (Å²) in [4.78, 5) is 13.5. The molecule has 150 valence electrons.